The first-order valence-electron chi connectivity index (χ1n) is 11.9. The molecule has 0 aliphatic carbocycles. The van der Waals surface area contributed by atoms with Crippen LogP contribution in [0, 0.1) is 11.3 Å². The number of hydrogen-bond donors (Lipinski definition) is 1. The molecule has 1 saturated heterocycles. The summed E-state index contributed by atoms with van der Waals surface area (Å²) in [5.74, 6) is 0.263. The zero-order valence-electron chi connectivity index (χ0n) is 20.1. The fraction of sp³-hybridized carbons (Fsp3) is 0.520. The Hall–Kier alpha value is -0.706. The van der Waals surface area contributed by atoms with Gasteiger partial charge in [-0.25, -0.2) is 0 Å². The van der Waals surface area contributed by atoms with Crippen LogP contribution in [0.3, 0.4) is 0 Å². The summed E-state index contributed by atoms with van der Waals surface area (Å²) in [5.41, 5.74) is 2.15. The van der Waals surface area contributed by atoms with Crippen LogP contribution in [0.2, 0.25) is 23.1 Å². The number of benzene rings is 2. The predicted molar refractivity (Wildman–Crippen MR) is 144 cm³/mol. The molecule has 0 saturated carbocycles. The Morgan fingerprint density at radius 1 is 1.03 bits per heavy atom. The van der Waals surface area contributed by atoms with Crippen LogP contribution < -0.4 is 0 Å². The Kier molecular flexibility index (Phi) is 10.0. The highest BCUT2D eigenvalue weighted by atomic mass is 35.5. The Labute approximate surface area is 213 Å². The zero-order valence-corrected chi connectivity index (χ0v) is 24.5. The third kappa shape index (κ3) is 7.15. The quantitative estimate of drug-likeness (QED) is 0.343. The number of nitrogens with zero attached hydrogens (tertiary/aromatic N) is 1. The Bertz CT molecular complexity index is 881. The number of aliphatic hydroxyl groups excluding tert-OH is 1. The largest absolute Gasteiger partial charge is 0.400 e. The van der Waals surface area contributed by atoms with Crippen LogP contribution >= 0.6 is 23.2 Å². The zero-order chi connectivity index (χ0) is 24.0. The fourth-order valence-electron chi connectivity index (χ4n) is 4.96. The van der Waals surface area contributed by atoms with E-state index in [0.717, 1.165) is 25.2 Å². The molecule has 2 aromatic rings. The summed E-state index contributed by atoms with van der Waals surface area (Å²) >= 11 is 12.6. The molecule has 0 radical (unpaired) electrons. The number of aliphatic hydroxyl groups is 1. The Balaban J connectivity index is 1.82. The molecule has 1 aliphatic rings. The normalized spacial score (nSPS) is 22.0. The van der Waals surface area contributed by atoms with Crippen LogP contribution in [0.15, 0.2) is 48.5 Å². The summed E-state index contributed by atoms with van der Waals surface area (Å²) in [6.45, 7) is 11.1. The van der Waals surface area contributed by atoms with E-state index in [1.54, 1.807) is 0 Å². The number of likely N-dealkylation sites (tertiary alicyclic amines) is 1. The standard InChI is InChI=1S/C25H37Cl2NO3Si2/c1-25(2,24(30-32-3)31-33-4)13-23(29)20-16-28(14-17-8-6-5-7-9-17)15-19(20)18-10-11-21(26)22(27)12-18/h5-12,19-20,23-24,29H,13-16,32-33H2,1-4H3/t19-,20-,23+/m1/s1. The summed E-state index contributed by atoms with van der Waals surface area (Å²) in [7, 11) is -1.21. The van der Waals surface area contributed by atoms with Crippen molar-refractivity contribution in [3.63, 3.8) is 0 Å². The first-order valence-corrected chi connectivity index (χ1v) is 16.6. The van der Waals surface area contributed by atoms with E-state index < -0.39 is 25.6 Å². The SMILES string of the molecule is C[SiH2]OC(O[SiH2]C)C(C)(C)C[C@H](O)[C@@H]1CN(Cc2ccccc2)C[C@@H]1c1ccc(Cl)c(Cl)c1. The second kappa shape index (κ2) is 12.3. The van der Waals surface area contributed by atoms with Gasteiger partial charge in [-0.05, 0) is 29.7 Å². The maximum atomic E-state index is 11.5. The van der Waals surface area contributed by atoms with E-state index in [0.29, 0.717) is 16.5 Å². The van der Waals surface area contributed by atoms with Crippen molar-refractivity contribution >= 4 is 42.7 Å². The predicted octanol–water partition coefficient (Wildman–Crippen LogP) is 4.61. The molecular weight excluding hydrogens is 489 g/mol. The van der Waals surface area contributed by atoms with Crippen molar-refractivity contribution in [1.82, 2.24) is 4.90 Å². The van der Waals surface area contributed by atoms with Gasteiger partial charge in [-0.1, -0.05) is 86.5 Å². The van der Waals surface area contributed by atoms with Crippen molar-refractivity contribution in [2.24, 2.45) is 11.3 Å². The molecule has 182 valence electrons. The van der Waals surface area contributed by atoms with E-state index in [-0.39, 0.29) is 23.5 Å². The second-order valence-electron chi connectivity index (χ2n) is 9.63. The van der Waals surface area contributed by atoms with Gasteiger partial charge >= 0.3 is 0 Å². The van der Waals surface area contributed by atoms with Crippen molar-refractivity contribution in [2.45, 2.75) is 58.2 Å². The molecule has 2 aromatic carbocycles. The van der Waals surface area contributed by atoms with Gasteiger partial charge in [0.15, 0.2) is 19.5 Å². The molecule has 1 N–H and O–H groups in total. The molecule has 0 aromatic heterocycles. The Morgan fingerprint density at radius 2 is 1.70 bits per heavy atom. The number of hydrogen-bond acceptors (Lipinski definition) is 4. The van der Waals surface area contributed by atoms with Crippen LogP contribution in [0.25, 0.3) is 0 Å². The molecule has 0 amide bonds. The molecular formula is C25H37Cl2NO3Si2. The van der Waals surface area contributed by atoms with E-state index in [1.165, 1.54) is 5.56 Å². The van der Waals surface area contributed by atoms with Gasteiger partial charge in [0.25, 0.3) is 0 Å². The van der Waals surface area contributed by atoms with Gasteiger partial charge < -0.3 is 14.0 Å². The van der Waals surface area contributed by atoms with Crippen LogP contribution in [0.5, 0.6) is 0 Å². The van der Waals surface area contributed by atoms with Crippen LogP contribution in [0.4, 0.5) is 0 Å². The average molecular weight is 527 g/mol. The average Bonchev–Trinajstić information content (AvgIpc) is 3.20. The maximum Gasteiger partial charge on any atom is 0.161 e. The number of halogens is 2. The second-order valence-corrected chi connectivity index (χ2v) is 12.3. The molecule has 3 rings (SSSR count). The van der Waals surface area contributed by atoms with Gasteiger partial charge in [0.1, 0.15) is 6.29 Å². The molecule has 1 fully saturated rings. The molecule has 0 bridgehead atoms. The van der Waals surface area contributed by atoms with E-state index in [2.05, 4.69) is 62.2 Å². The lowest BCUT2D eigenvalue weighted by molar-refractivity contribution is -0.100. The highest BCUT2D eigenvalue weighted by Crippen LogP contribution is 2.41. The summed E-state index contributed by atoms with van der Waals surface area (Å²) in [6.07, 6.45) is -0.0833. The number of rotatable bonds is 11. The first kappa shape index (κ1) is 26.9. The van der Waals surface area contributed by atoms with Crippen LogP contribution in [-0.2, 0) is 15.4 Å². The van der Waals surface area contributed by atoms with E-state index in [1.807, 2.05) is 18.2 Å². The minimum absolute atomic E-state index is 0.0867. The summed E-state index contributed by atoms with van der Waals surface area (Å²) < 4.78 is 12.1. The van der Waals surface area contributed by atoms with Crippen molar-refractivity contribution in [3.8, 4) is 0 Å². The third-order valence-corrected chi connectivity index (χ3v) is 8.58. The molecule has 1 aliphatic heterocycles. The summed E-state index contributed by atoms with van der Waals surface area (Å²) in [4.78, 5) is 2.44. The van der Waals surface area contributed by atoms with Gasteiger partial charge in [-0.15, -0.1) is 0 Å². The van der Waals surface area contributed by atoms with Gasteiger partial charge in [0, 0.05) is 36.9 Å². The molecule has 8 heteroatoms. The van der Waals surface area contributed by atoms with Gasteiger partial charge in [-0.3, -0.25) is 4.90 Å². The molecule has 0 unspecified atom stereocenters. The van der Waals surface area contributed by atoms with Crippen LogP contribution in [-0.4, -0.2) is 55.0 Å². The Morgan fingerprint density at radius 3 is 2.30 bits per heavy atom. The highest BCUT2D eigenvalue weighted by Gasteiger charge is 2.42. The van der Waals surface area contributed by atoms with Crippen molar-refractivity contribution in [3.05, 3.63) is 69.7 Å². The summed E-state index contributed by atoms with van der Waals surface area (Å²) in [5, 5.41) is 12.7. The lowest BCUT2D eigenvalue weighted by Crippen LogP contribution is -2.41. The third-order valence-electron chi connectivity index (χ3n) is 6.57. The lowest BCUT2D eigenvalue weighted by atomic mass is 9.77. The van der Waals surface area contributed by atoms with Crippen LogP contribution in [0.1, 0.15) is 37.3 Å². The van der Waals surface area contributed by atoms with E-state index >= 15 is 0 Å². The van der Waals surface area contributed by atoms with Gasteiger partial charge in [-0.2, -0.15) is 0 Å². The van der Waals surface area contributed by atoms with Gasteiger partial charge in [0.2, 0.25) is 0 Å². The smallest absolute Gasteiger partial charge is 0.161 e. The van der Waals surface area contributed by atoms with Crippen molar-refractivity contribution in [2.75, 3.05) is 13.1 Å². The molecule has 33 heavy (non-hydrogen) atoms. The minimum atomic E-state index is -0.607. The maximum absolute atomic E-state index is 11.5. The molecule has 1 heterocycles. The first-order chi connectivity index (χ1) is 15.7. The lowest BCUT2D eigenvalue weighted by Gasteiger charge is -2.38. The topological polar surface area (TPSA) is 41.9 Å². The highest BCUT2D eigenvalue weighted by molar-refractivity contribution is 6.42. The monoisotopic (exact) mass is 525 g/mol. The van der Waals surface area contributed by atoms with E-state index in [4.69, 9.17) is 32.1 Å². The molecule has 0 spiro atoms. The summed E-state index contributed by atoms with van der Waals surface area (Å²) in [6, 6.07) is 16.4. The fourth-order valence-corrected chi connectivity index (χ4v) is 7.16. The van der Waals surface area contributed by atoms with E-state index in [9.17, 15) is 5.11 Å². The van der Waals surface area contributed by atoms with Crippen molar-refractivity contribution in [1.29, 1.82) is 0 Å². The minimum Gasteiger partial charge on any atom is -0.400 e. The molecule has 4 nitrogen and oxygen atoms in total. The molecule has 3 atom stereocenters. The van der Waals surface area contributed by atoms with Gasteiger partial charge in [0.05, 0.1) is 16.1 Å². The van der Waals surface area contributed by atoms with Crippen molar-refractivity contribution < 1.29 is 14.0 Å².